The fourth-order valence-electron chi connectivity index (χ4n) is 5.18. The molecule has 2 aromatic heterocycles. The van der Waals surface area contributed by atoms with Gasteiger partial charge in [-0.15, -0.1) is 0 Å². The van der Waals surface area contributed by atoms with Crippen LogP contribution < -0.4 is 5.32 Å². The molecule has 166 valence electrons. The molecular weight excluding hydrogens is 386 g/mol. The molecule has 6 nitrogen and oxygen atoms in total. The number of nitrogens with one attached hydrogen (secondary N) is 1. The quantitative estimate of drug-likeness (QED) is 0.658. The van der Waals surface area contributed by atoms with Gasteiger partial charge in [0.2, 0.25) is 0 Å². The lowest BCUT2D eigenvalue weighted by Gasteiger charge is -2.38. The third kappa shape index (κ3) is 4.60. The van der Waals surface area contributed by atoms with Gasteiger partial charge in [-0.25, -0.2) is 4.98 Å². The summed E-state index contributed by atoms with van der Waals surface area (Å²) >= 11 is 0. The van der Waals surface area contributed by atoms with Crippen LogP contribution >= 0.6 is 0 Å². The van der Waals surface area contributed by atoms with E-state index in [0.29, 0.717) is 0 Å². The molecule has 1 saturated heterocycles. The summed E-state index contributed by atoms with van der Waals surface area (Å²) in [5.41, 5.74) is 3.60. The summed E-state index contributed by atoms with van der Waals surface area (Å²) in [5, 5.41) is 10.4. The van der Waals surface area contributed by atoms with Gasteiger partial charge in [0.05, 0.1) is 19.4 Å². The van der Waals surface area contributed by atoms with Gasteiger partial charge in [0.15, 0.2) is 0 Å². The van der Waals surface area contributed by atoms with E-state index in [1.807, 2.05) is 24.1 Å². The first-order valence-corrected chi connectivity index (χ1v) is 11.6. The fourth-order valence-corrected chi connectivity index (χ4v) is 5.18. The summed E-state index contributed by atoms with van der Waals surface area (Å²) in [6.45, 7) is 7.18. The monoisotopic (exact) mass is 421 g/mol. The van der Waals surface area contributed by atoms with Crippen LogP contribution in [0.2, 0.25) is 0 Å². The van der Waals surface area contributed by atoms with E-state index in [-0.39, 0.29) is 1.43 Å². The van der Waals surface area contributed by atoms with Crippen LogP contribution in [0, 0.1) is 12.8 Å². The van der Waals surface area contributed by atoms with Crippen LogP contribution in [-0.4, -0.2) is 58.6 Å². The van der Waals surface area contributed by atoms with Crippen molar-refractivity contribution in [2.75, 3.05) is 38.2 Å². The SMILES string of the molecule is Cc1cc(-c2cnn(C)c2)cc2cc(NCC3CCC(N4CCOCC4)CC3)ncc12.[HH]. The van der Waals surface area contributed by atoms with Crippen LogP contribution in [0.4, 0.5) is 5.82 Å². The zero-order chi connectivity index (χ0) is 21.2. The Morgan fingerprint density at radius 1 is 1.06 bits per heavy atom. The molecule has 0 amide bonds. The van der Waals surface area contributed by atoms with E-state index in [9.17, 15) is 0 Å². The molecule has 1 N–H and O–H groups in total. The van der Waals surface area contributed by atoms with Crippen molar-refractivity contribution in [3.05, 3.63) is 42.4 Å². The molecule has 1 saturated carbocycles. The van der Waals surface area contributed by atoms with Gasteiger partial charge in [0.25, 0.3) is 0 Å². The van der Waals surface area contributed by atoms with Crippen molar-refractivity contribution in [3.8, 4) is 11.1 Å². The van der Waals surface area contributed by atoms with Crippen molar-refractivity contribution in [3.63, 3.8) is 0 Å². The van der Waals surface area contributed by atoms with E-state index in [2.05, 4.69) is 46.6 Å². The Balaban J connectivity index is 0.00000245. The lowest BCUT2D eigenvalue weighted by molar-refractivity contribution is 0.00539. The molecular formula is C25H35N5O. The van der Waals surface area contributed by atoms with Crippen molar-refractivity contribution in [2.45, 2.75) is 38.6 Å². The summed E-state index contributed by atoms with van der Waals surface area (Å²) in [7, 11) is 1.96. The van der Waals surface area contributed by atoms with Gasteiger partial charge in [-0.3, -0.25) is 9.58 Å². The minimum absolute atomic E-state index is 0. The summed E-state index contributed by atoms with van der Waals surface area (Å²) in [6, 6.07) is 7.43. The highest BCUT2D eigenvalue weighted by Gasteiger charge is 2.26. The molecule has 0 spiro atoms. The molecule has 0 bridgehead atoms. The first-order valence-electron chi connectivity index (χ1n) is 11.6. The number of hydrogen-bond donors (Lipinski definition) is 1. The molecule has 3 heterocycles. The number of nitrogens with zero attached hydrogens (tertiary/aromatic N) is 4. The number of aromatic nitrogens is 3. The average molecular weight is 422 g/mol. The second-order valence-corrected chi connectivity index (χ2v) is 9.19. The number of hydrogen-bond acceptors (Lipinski definition) is 5. The van der Waals surface area contributed by atoms with E-state index in [1.165, 1.54) is 47.6 Å². The zero-order valence-electron chi connectivity index (χ0n) is 18.7. The standard InChI is InChI=1S/C25H33N5O.H2/c1-18-11-20(22-15-28-29(2)17-22)12-21-13-25(27-16-24(18)21)26-14-19-3-5-23(6-4-19)30-7-9-31-10-8-30;/h11-13,15-17,19,23H,3-10,14H2,1-2H3,(H,26,27);1H. The van der Waals surface area contributed by atoms with Crippen LogP contribution in [0.3, 0.4) is 0 Å². The molecule has 31 heavy (non-hydrogen) atoms. The normalized spacial score (nSPS) is 22.6. The Labute approximate surface area is 186 Å². The number of anilines is 1. The van der Waals surface area contributed by atoms with Gasteiger partial charge in [-0.1, -0.05) is 6.07 Å². The third-order valence-corrected chi connectivity index (χ3v) is 7.03. The van der Waals surface area contributed by atoms with Crippen LogP contribution in [-0.2, 0) is 11.8 Å². The van der Waals surface area contributed by atoms with Crippen molar-refractivity contribution < 1.29 is 6.16 Å². The first kappa shape index (κ1) is 20.5. The molecule has 0 atom stereocenters. The molecule has 1 aliphatic carbocycles. The van der Waals surface area contributed by atoms with Gasteiger partial charge in [0, 0.05) is 57.5 Å². The highest BCUT2D eigenvalue weighted by molar-refractivity contribution is 5.91. The Hall–Kier alpha value is -2.44. The van der Waals surface area contributed by atoms with Gasteiger partial charge < -0.3 is 10.1 Å². The van der Waals surface area contributed by atoms with Crippen molar-refractivity contribution >= 4 is 16.6 Å². The number of aryl methyl sites for hydroxylation is 2. The Morgan fingerprint density at radius 2 is 1.87 bits per heavy atom. The summed E-state index contributed by atoms with van der Waals surface area (Å²) in [6.07, 6.45) is 11.2. The van der Waals surface area contributed by atoms with Crippen molar-refractivity contribution in [2.24, 2.45) is 13.0 Å². The molecule has 5 rings (SSSR count). The van der Waals surface area contributed by atoms with Gasteiger partial charge in [0.1, 0.15) is 5.82 Å². The van der Waals surface area contributed by atoms with Crippen LogP contribution in [0.15, 0.2) is 36.8 Å². The zero-order valence-corrected chi connectivity index (χ0v) is 18.7. The number of ether oxygens (including phenoxy) is 1. The fraction of sp³-hybridized carbons (Fsp3) is 0.520. The molecule has 0 unspecified atom stereocenters. The van der Waals surface area contributed by atoms with Crippen LogP contribution in [0.5, 0.6) is 0 Å². The molecule has 3 aromatic rings. The highest BCUT2D eigenvalue weighted by Crippen LogP contribution is 2.30. The maximum Gasteiger partial charge on any atom is 0.126 e. The molecule has 2 aliphatic rings. The first-order chi connectivity index (χ1) is 15.2. The lowest BCUT2D eigenvalue weighted by Crippen LogP contribution is -2.45. The average Bonchev–Trinajstić information content (AvgIpc) is 3.25. The Kier molecular flexibility index (Phi) is 5.92. The number of fused-ring (bicyclic) bond motifs is 1. The minimum Gasteiger partial charge on any atom is -0.379 e. The highest BCUT2D eigenvalue weighted by atomic mass is 16.5. The van der Waals surface area contributed by atoms with Gasteiger partial charge in [-0.05, 0) is 67.2 Å². The maximum atomic E-state index is 5.51. The van der Waals surface area contributed by atoms with E-state index in [0.717, 1.165) is 56.2 Å². The van der Waals surface area contributed by atoms with E-state index in [1.54, 1.807) is 0 Å². The van der Waals surface area contributed by atoms with E-state index in [4.69, 9.17) is 9.72 Å². The number of pyridine rings is 1. The predicted molar refractivity (Wildman–Crippen MR) is 127 cm³/mol. The van der Waals surface area contributed by atoms with Crippen molar-refractivity contribution in [1.82, 2.24) is 19.7 Å². The van der Waals surface area contributed by atoms with Gasteiger partial charge >= 0.3 is 0 Å². The summed E-state index contributed by atoms with van der Waals surface area (Å²) < 4.78 is 7.36. The van der Waals surface area contributed by atoms with E-state index < -0.39 is 0 Å². The number of morpholine rings is 1. The smallest absolute Gasteiger partial charge is 0.126 e. The van der Waals surface area contributed by atoms with Crippen LogP contribution in [0.25, 0.3) is 21.9 Å². The van der Waals surface area contributed by atoms with Crippen molar-refractivity contribution in [1.29, 1.82) is 0 Å². The predicted octanol–water partition coefficient (Wildman–Crippen LogP) is 4.49. The lowest BCUT2D eigenvalue weighted by atomic mass is 9.85. The van der Waals surface area contributed by atoms with Gasteiger partial charge in [-0.2, -0.15) is 5.10 Å². The maximum absolute atomic E-state index is 5.51. The molecule has 1 aliphatic heterocycles. The molecule has 0 radical (unpaired) electrons. The van der Waals surface area contributed by atoms with E-state index >= 15 is 0 Å². The third-order valence-electron chi connectivity index (χ3n) is 7.03. The molecule has 1 aromatic carbocycles. The summed E-state index contributed by atoms with van der Waals surface area (Å²) in [4.78, 5) is 7.34. The molecule has 2 fully saturated rings. The Bertz CT molecular complexity index is 1040. The summed E-state index contributed by atoms with van der Waals surface area (Å²) in [5.74, 6) is 1.71. The van der Waals surface area contributed by atoms with Crippen LogP contribution in [0.1, 0.15) is 32.7 Å². The second-order valence-electron chi connectivity index (χ2n) is 9.19. The second kappa shape index (κ2) is 8.97. The number of rotatable bonds is 5. The number of benzene rings is 1. The topological polar surface area (TPSA) is 55.2 Å². The molecule has 6 heteroatoms. The Morgan fingerprint density at radius 3 is 2.61 bits per heavy atom. The minimum atomic E-state index is 0. The largest absolute Gasteiger partial charge is 0.379 e.